The number of hydrogen-bond acceptors (Lipinski definition) is 1. The minimum atomic E-state index is 0.539. The molecule has 98 valence electrons. The van der Waals surface area contributed by atoms with Crippen molar-refractivity contribution >= 4 is 0 Å². The molecule has 16 heavy (non-hydrogen) atoms. The van der Waals surface area contributed by atoms with Gasteiger partial charge >= 0.3 is 0 Å². The number of unbranched alkanes of at least 4 members (excludes halogenated alkanes) is 3. The van der Waals surface area contributed by atoms with Crippen LogP contribution in [-0.2, 0) is 0 Å². The number of nitrogens with one attached hydrogen (secondary N) is 1. The monoisotopic (exact) mass is 227 g/mol. The molecule has 0 fully saturated rings. The van der Waals surface area contributed by atoms with Crippen molar-refractivity contribution in [3.63, 3.8) is 0 Å². The highest BCUT2D eigenvalue weighted by molar-refractivity contribution is 4.76. The zero-order valence-electron chi connectivity index (χ0n) is 12.1. The van der Waals surface area contributed by atoms with E-state index in [1.54, 1.807) is 0 Å². The van der Waals surface area contributed by atoms with E-state index >= 15 is 0 Å². The van der Waals surface area contributed by atoms with Crippen LogP contribution >= 0.6 is 0 Å². The summed E-state index contributed by atoms with van der Waals surface area (Å²) in [7, 11) is 0. The minimum absolute atomic E-state index is 0.539. The van der Waals surface area contributed by atoms with E-state index in [1.165, 1.54) is 64.5 Å². The minimum Gasteiger partial charge on any atom is -0.316 e. The van der Waals surface area contributed by atoms with Crippen LogP contribution in [0.4, 0.5) is 0 Å². The molecule has 0 aliphatic heterocycles. The largest absolute Gasteiger partial charge is 0.316 e. The van der Waals surface area contributed by atoms with Gasteiger partial charge in [0.15, 0.2) is 0 Å². The Hall–Kier alpha value is -0.0400. The van der Waals surface area contributed by atoms with E-state index in [0.29, 0.717) is 5.41 Å². The van der Waals surface area contributed by atoms with Crippen LogP contribution in [0, 0.1) is 5.41 Å². The molecule has 0 aromatic heterocycles. The third kappa shape index (κ3) is 8.15. The van der Waals surface area contributed by atoms with Crippen LogP contribution in [0.25, 0.3) is 0 Å². The van der Waals surface area contributed by atoms with Gasteiger partial charge in [0, 0.05) is 6.54 Å². The van der Waals surface area contributed by atoms with Gasteiger partial charge in [-0.05, 0) is 31.2 Å². The fourth-order valence-electron chi connectivity index (χ4n) is 2.45. The van der Waals surface area contributed by atoms with E-state index in [4.69, 9.17) is 0 Å². The molecule has 1 atom stereocenters. The van der Waals surface area contributed by atoms with E-state index < -0.39 is 0 Å². The van der Waals surface area contributed by atoms with E-state index in [-0.39, 0.29) is 0 Å². The van der Waals surface area contributed by atoms with Crippen LogP contribution in [0.15, 0.2) is 0 Å². The molecule has 0 radical (unpaired) electrons. The Bertz CT molecular complexity index is 144. The Morgan fingerprint density at radius 2 is 1.56 bits per heavy atom. The molecule has 0 heterocycles. The van der Waals surface area contributed by atoms with Crippen molar-refractivity contribution in [1.29, 1.82) is 0 Å². The lowest BCUT2D eigenvalue weighted by Crippen LogP contribution is -2.32. The van der Waals surface area contributed by atoms with Gasteiger partial charge in [-0.3, -0.25) is 0 Å². The quantitative estimate of drug-likeness (QED) is 0.502. The summed E-state index contributed by atoms with van der Waals surface area (Å²) in [5.74, 6) is 0. The second-order valence-electron chi connectivity index (χ2n) is 5.55. The molecule has 0 aromatic carbocycles. The first kappa shape index (κ1) is 16.0. The fraction of sp³-hybridized carbons (Fsp3) is 1.00. The molecule has 0 saturated heterocycles. The summed E-state index contributed by atoms with van der Waals surface area (Å²) in [6.45, 7) is 11.7. The van der Waals surface area contributed by atoms with Crippen molar-refractivity contribution in [3.05, 3.63) is 0 Å². The molecule has 1 unspecified atom stereocenters. The number of rotatable bonds is 11. The van der Waals surface area contributed by atoms with Crippen LogP contribution < -0.4 is 5.32 Å². The molecule has 0 spiro atoms. The predicted molar refractivity (Wildman–Crippen MR) is 74.9 cm³/mol. The maximum absolute atomic E-state index is 3.60. The summed E-state index contributed by atoms with van der Waals surface area (Å²) >= 11 is 0. The molecular formula is C15H33N. The smallest absolute Gasteiger partial charge is 0.000516 e. The van der Waals surface area contributed by atoms with Crippen molar-refractivity contribution in [3.8, 4) is 0 Å². The summed E-state index contributed by atoms with van der Waals surface area (Å²) in [6, 6.07) is 0. The molecule has 0 bridgehead atoms. The van der Waals surface area contributed by atoms with Gasteiger partial charge in [0.25, 0.3) is 0 Å². The van der Waals surface area contributed by atoms with Gasteiger partial charge in [-0.2, -0.15) is 0 Å². The lowest BCUT2D eigenvalue weighted by molar-refractivity contribution is 0.247. The van der Waals surface area contributed by atoms with E-state index in [9.17, 15) is 0 Å². The van der Waals surface area contributed by atoms with Crippen LogP contribution in [0.2, 0.25) is 0 Å². The molecule has 0 amide bonds. The highest BCUT2D eigenvalue weighted by Crippen LogP contribution is 2.29. The van der Waals surface area contributed by atoms with Crippen LogP contribution in [-0.4, -0.2) is 13.1 Å². The summed E-state index contributed by atoms with van der Waals surface area (Å²) in [5.41, 5.74) is 0.539. The Labute approximate surface area is 103 Å². The van der Waals surface area contributed by atoms with E-state index in [1.807, 2.05) is 0 Å². The van der Waals surface area contributed by atoms with Crippen LogP contribution in [0.5, 0.6) is 0 Å². The van der Waals surface area contributed by atoms with E-state index in [0.717, 1.165) is 0 Å². The van der Waals surface area contributed by atoms with Crippen molar-refractivity contribution in [1.82, 2.24) is 5.32 Å². The van der Waals surface area contributed by atoms with E-state index in [2.05, 4.69) is 33.0 Å². The van der Waals surface area contributed by atoms with Crippen molar-refractivity contribution in [2.75, 3.05) is 13.1 Å². The molecule has 0 aliphatic rings. The highest BCUT2D eigenvalue weighted by atomic mass is 14.9. The molecular weight excluding hydrogens is 194 g/mol. The van der Waals surface area contributed by atoms with Crippen LogP contribution in [0.3, 0.4) is 0 Å². The zero-order chi connectivity index (χ0) is 12.3. The Morgan fingerprint density at radius 3 is 2.12 bits per heavy atom. The summed E-state index contributed by atoms with van der Waals surface area (Å²) in [6.07, 6.45) is 10.9. The standard InChI is InChI=1S/C15H33N/c1-5-8-9-10-12-15(4,11-6-2)14-16-13-7-3/h16H,5-14H2,1-4H3. The summed E-state index contributed by atoms with van der Waals surface area (Å²) in [4.78, 5) is 0. The normalized spacial score (nSPS) is 15.0. The van der Waals surface area contributed by atoms with Gasteiger partial charge in [0.2, 0.25) is 0 Å². The second-order valence-corrected chi connectivity index (χ2v) is 5.55. The maximum atomic E-state index is 3.60. The van der Waals surface area contributed by atoms with Crippen molar-refractivity contribution in [2.45, 2.75) is 79.1 Å². The zero-order valence-corrected chi connectivity index (χ0v) is 12.1. The molecule has 1 heteroatoms. The van der Waals surface area contributed by atoms with Gasteiger partial charge in [-0.15, -0.1) is 0 Å². The van der Waals surface area contributed by atoms with Gasteiger partial charge in [-0.25, -0.2) is 0 Å². The molecule has 1 N–H and O–H groups in total. The first-order chi connectivity index (χ1) is 7.68. The first-order valence-electron chi connectivity index (χ1n) is 7.39. The lowest BCUT2D eigenvalue weighted by Gasteiger charge is -2.30. The third-order valence-corrected chi connectivity index (χ3v) is 3.47. The Kier molecular flexibility index (Phi) is 10.1. The van der Waals surface area contributed by atoms with Crippen molar-refractivity contribution < 1.29 is 0 Å². The highest BCUT2D eigenvalue weighted by Gasteiger charge is 2.21. The number of hydrogen-bond donors (Lipinski definition) is 1. The molecule has 0 saturated carbocycles. The average Bonchev–Trinajstić information content (AvgIpc) is 2.25. The average molecular weight is 227 g/mol. The lowest BCUT2D eigenvalue weighted by atomic mass is 9.80. The van der Waals surface area contributed by atoms with Crippen molar-refractivity contribution in [2.24, 2.45) is 5.41 Å². The Morgan fingerprint density at radius 1 is 0.812 bits per heavy atom. The first-order valence-corrected chi connectivity index (χ1v) is 7.39. The van der Waals surface area contributed by atoms with Gasteiger partial charge in [-0.1, -0.05) is 59.8 Å². The van der Waals surface area contributed by atoms with Gasteiger partial charge < -0.3 is 5.32 Å². The predicted octanol–water partition coefficient (Wildman–Crippen LogP) is 4.76. The SMILES string of the molecule is CCCCCCC(C)(CCC)CNCCC. The maximum Gasteiger partial charge on any atom is 0.000516 e. The molecule has 0 rings (SSSR count). The topological polar surface area (TPSA) is 12.0 Å². The molecule has 0 aromatic rings. The summed E-state index contributed by atoms with van der Waals surface area (Å²) < 4.78 is 0. The van der Waals surface area contributed by atoms with Gasteiger partial charge in [0.1, 0.15) is 0 Å². The van der Waals surface area contributed by atoms with Gasteiger partial charge in [0.05, 0.1) is 0 Å². The summed E-state index contributed by atoms with van der Waals surface area (Å²) in [5, 5.41) is 3.60. The second kappa shape index (κ2) is 10.1. The Balaban J connectivity index is 3.81. The third-order valence-electron chi connectivity index (χ3n) is 3.47. The van der Waals surface area contributed by atoms with Crippen LogP contribution in [0.1, 0.15) is 79.1 Å². The fourth-order valence-corrected chi connectivity index (χ4v) is 2.45. The molecule has 0 aliphatic carbocycles. The molecule has 1 nitrogen and oxygen atoms in total.